The van der Waals surface area contributed by atoms with Crippen molar-refractivity contribution in [2.45, 2.75) is 6.92 Å². The first-order valence-electron chi connectivity index (χ1n) is 7.82. The first-order valence-corrected chi connectivity index (χ1v) is 9.60. The lowest BCUT2D eigenvalue weighted by molar-refractivity contribution is -0.115. The van der Waals surface area contributed by atoms with Gasteiger partial charge in [-0.05, 0) is 37.3 Å². The van der Waals surface area contributed by atoms with Crippen molar-refractivity contribution in [2.75, 3.05) is 16.0 Å². The van der Waals surface area contributed by atoms with Gasteiger partial charge in [0.05, 0.1) is 17.1 Å². The number of thioether (sulfide) groups is 1. The second-order valence-corrected chi connectivity index (χ2v) is 7.69. The number of hydrogen-bond donors (Lipinski definition) is 1. The van der Waals surface area contributed by atoms with E-state index in [-0.39, 0.29) is 17.5 Å². The quantitative estimate of drug-likeness (QED) is 0.743. The maximum atomic E-state index is 12.3. The summed E-state index contributed by atoms with van der Waals surface area (Å²) in [6.45, 7) is 1.99. The van der Waals surface area contributed by atoms with Gasteiger partial charge in [-0.2, -0.15) is 0 Å². The number of amides is 2. The molecule has 1 fully saturated rings. The molecule has 0 aliphatic carbocycles. The van der Waals surface area contributed by atoms with Crippen molar-refractivity contribution >= 4 is 61.8 Å². The van der Waals surface area contributed by atoms with E-state index in [9.17, 15) is 9.59 Å². The molecule has 0 unspecified atom stereocenters. The first-order chi connectivity index (χ1) is 12.5. The Bertz CT molecular complexity index is 985. The highest BCUT2D eigenvalue weighted by Crippen LogP contribution is 2.29. The van der Waals surface area contributed by atoms with Crippen LogP contribution in [0, 0.1) is 6.92 Å². The summed E-state index contributed by atoms with van der Waals surface area (Å²) >= 11 is 4.70. The molecule has 130 valence electrons. The van der Waals surface area contributed by atoms with Gasteiger partial charge in [-0.25, -0.2) is 0 Å². The Morgan fingerprint density at radius 2 is 1.88 bits per heavy atom. The van der Waals surface area contributed by atoms with Crippen molar-refractivity contribution in [3.8, 4) is 0 Å². The number of amidine groups is 1. The molecule has 8 heteroatoms. The molecular weight excluding hydrogens is 416 g/mol. The lowest BCUT2D eigenvalue weighted by Gasteiger charge is -2.15. The molecule has 2 aliphatic rings. The average molecular weight is 429 g/mol. The van der Waals surface area contributed by atoms with Crippen LogP contribution in [0.2, 0.25) is 0 Å². The van der Waals surface area contributed by atoms with Gasteiger partial charge in [0.2, 0.25) is 5.91 Å². The van der Waals surface area contributed by atoms with Crippen LogP contribution >= 0.6 is 27.7 Å². The third kappa shape index (κ3) is 3.06. The summed E-state index contributed by atoms with van der Waals surface area (Å²) in [7, 11) is 0. The monoisotopic (exact) mass is 428 g/mol. The van der Waals surface area contributed by atoms with Crippen LogP contribution in [-0.2, 0) is 9.59 Å². The van der Waals surface area contributed by atoms with Crippen molar-refractivity contribution < 1.29 is 9.59 Å². The van der Waals surface area contributed by atoms with E-state index in [1.54, 1.807) is 6.07 Å². The zero-order chi connectivity index (χ0) is 18.3. The number of aryl methyl sites for hydroxylation is 1. The number of hydrogen-bond acceptors (Lipinski definition) is 5. The highest BCUT2D eigenvalue weighted by Gasteiger charge is 2.31. The number of carbonyl (C=O) groups is 2. The van der Waals surface area contributed by atoms with Gasteiger partial charge >= 0.3 is 0 Å². The highest BCUT2D eigenvalue weighted by molar-refractivity contribution is 9.10. The van der Waals surface area contributed by atoms with Crippen molar-refractivity contribution in [3.63, 3.8) is 0 Å². The van der Waals surface area contributed by atoms with Crippen LogP contribution in [0.4, 0.5) is 11.4 Å². The van der Waals surface area contributed by atoms with Gasteiger partial charge in [0.15, 0.2) is 10.9 Å². The summed E-state index contributed by atoms with van der Waals surface area (Å²) in [4.78, 5) is 26.0. The number of rotatable bonds is 2. The predicted molar refractivity (Wildman–Crippen MR) is 108 cm³/mol. The third-order valence-electron chi connectivity index (χ3n) is 3.99. The Balaban J connectivity index is 1.71. The smallest absolute Gasteiger partial charge is 0.276 e. The molecule has 0 bridgehead atoms. The lowest BCUT2D eigenvalue weighted by Crippen LogP contribution is -2.29. The molecule has 4 rings (SSSR count). The molecule has 0 aromatic heterocycles. The fourth-order valence-electron chi connectivity index (χ4n) is 2.70. The Morgan fingerprint density at radius 3 is 2.65 bits per heavy atom. The standard InChI is InChI=1S/C18H13BrN4O2S/c1-10-2-5-12(6-3-10)23-15(24)9-26-18(23)22-21-16-13-8-11(19)4-7-14(13)20-17(16)25/h2-8H,9H2,1H3,(H,20,21,25). The molecule has 2 heterocycles. The third-order valence-corrected chi connectivity index (χ3v) is 5.40. The number of anilines is 2. The summed E-state index contributed by atoms with van der Waals surface area (Å²) in [5.74, 6) is -0.0678. The van der Waals surface area contributed by atoms with Gasteiger partial charge in [0.1, 0.15) is 0 Å². The Kier molecular flexibility index (Phi) is 4.37. The summed E-state index contributed by atoms with van der Waals surface area (Å²) in [6, 6.07) is 13.1. The summed E-state index contributed by atoms with van der Waals surface area (Å²) in [5, 5.41) is 11.6. The van der Waals surface area contributed by atoms with E-state index >= 15 is 0 Å². The van der Waals surface area contributed by atoms with Crippen LogP contribution in [-0.4, -0.2) is 28.4 Å². The van der Waals surface area contributed by atoms with Crippen LogP contribution in [0.25, 0.3) is 0 Å². The van der Waals surface area contributed by atoms with Crippen molar-refractivity contribution in [1.82, 2.24) is 0 Å². The van der Waals surface area contributed by atoms with Crippen LogP contribution in [0.15, 0.2) is 57.1 Å². The molecule has 26 heavy (non-hydrogen) atoms. The summed E-state index contributed by atoms with van der Waals surface area (Å²) in [6.07, 6.45) is 0. The SMILES string of the molecule is Cc1ccc(N2C(=O)CSC2=NN=C2C(=O)Nc3ccc(Br)cc32)cc1. The van der Waals surface area contributed by atoms with Crippen LogP contribution in [0.1, 0.15) is 11.1 Å². The number of nitrogens with one attached hydrogen (secondary N) is 1. The molecule has 2 aromatic rings. The topological polar surface area (TPSA) is 74.1 Å². The minimum Gasteiger partial charge on any atom is -0.320 e. The first kappa shape index (κ1) is 17.0. The molecule has 2 aliphatic heterocycles. The number of carbonyl (C=O) groups excluding carboxylic acids is 2. The van der Waals surface area contributed by atoms with E-state index in [4.69, 9.17) is 0 Å². The van der Waals surface area contributed by atoms with Gasteiger partial charge in [-0.1, -0.05) is 45.4 Å². The maximum Gasteiger partial charge on any atom is 0.276 e. The summed E-state index contributed by atoms with van der Waals surface area (Å²) in [5.41, 5.74) is 3.46. The van der Waals surface area contributed by atoms with Crippen molar-refractivity contribution in [1.29, 1.82) is 0 Å². The van der Waals surface area contributed by atoms with Gasteiger partial charge < -0.3 is 5.32 Å². The predicted octanol–water partition coefficient (Wildman–Crippen LogP) is 3.55. The van der Waals surface area contributed by atoms with Crippen molar-refractivity contribution in [3.05, 3.63) is 58.1 Å². The van der Waals surface area contributed by atoms with E-state index in [0.29, 0.717) is 22.2 Å². The second kappa shape index (κ2) is 6.69. The molecule has 2 amide bonds. The second-order valence-electron chi connectivity index (χ2n) is 5.83. The number of nitrogens with zero attached hydrogens (tertiary/aromatic N) is 3. The van der Waals surface area contributed by atoms with E-state index in [1.807, 2.05) is 43.3 Å². The van der Waals surface area contributed by atoms with E-state index in [0.717, 1.165) is 15.7 Å². The fraction of sp³-hybridized carbons (Fsp3) is 0.111. The maximum absolute atomic E-state index is 12.3. The molecule has 0 spiro atoms. The van der Waals surface area contributed by atoms with Crippen LogP contribution in [0.5, 0.6) is 0 Å². The Labute approximate surface area is 162 Å². The fourth-order valence-corrected chi connectivity index (χ4v) is 3.88. The van der Waals surface area contributed by atoms with Gasteiger partial charge in [0.25, 0.3) is 5.91 Å². The molecule has 1 N–H and O–H groups in total. The van der Waals surface area contributed by atoms with Gasteiger partial charge in [-0.15, -0.1) is 10.2 Å². The Hall–Kier alpha value is -2.45. The zero-order valence-electron chi connectivity index (χ0n) is 13.7. The summed E-state index contributed by atoms with van der Waals surface area (Å²) < 4.78 is 0.847. The van der Waals surface area contributed by atoms with Gasteiger partial charge in [0, 0.05) is 10.0 Å². The van der Waals surface area contributed by atoms with Crippen LogP contribution in [0.3, 0.4) is 0 Å². The molecule has 2 aromatic carbocycles. The van der Waals surface area contributed by atoms with Gasteiger partial charge in [-0.3, -0.25) is 14.5 Å². The largest absolute Gasteiger partial charge is 0.320 e. The molecule has 0 radical (unpaired) electrons. The molecular formula is C18H13BrN4O2S. The number of halogens is 1. The average Bonchev–Trinajstić information content (AvgIpc) is 3.13. The van der Waals surface area contributed by atoms with E-state index in [1.165, 1.54) is 16.7 Å². The van der Waals surface area contributed by atoms with Crippen LogP contribution < -0.4 is 10.2 Å². The molecule has 6 nitrogen and oxygen atoms in total. The normalized spacial score (nSPS) is 19.4. The highest BCUT2D eigenvalue weighted by atomic mass is 79.9. The Morgan fingerprint density at radius 1 is 1.12 bits per heavy atom. The number of benzene rings is 2. The minimum absolute atomic E-state index is 0.0585. The molecule has 1 saturated heterocycles. The molecule has 0 saturated carbocycles. The zero-order valence-corrected chi connectivity index (χ0v) is 16.1. The van der Waals surface area contributed by atoms with Crippen molar-refractivity contribution in [2.24, 2.45) is 10.2 Å². The molecule has 0 atom stereocenters. The van der Waals surface area contributed by atoms with E-state index < -0.39 is 0 Å². The lowest BCUT2D eigenvalue weighted by atomic mass is 10.1. The van der Waals surface area contributed by atoms with E-state index in [2.05, 4.69) is 31.4 Å². The number of fused-ring (bicyclic) bond motifs is 1. The minimum atomic E-state index is -0.307.